The highest BCUT2D eigenvalue weighted by Gasteiger charge is 2.34. The molecule has 2 N–H and O–H groups in total. The van der Waals surface area contributed by atoms with E-state index in [-0.39, 0.29) is 12.1 Å². The molecule has 0 aromatic rings. The molecule has 1 rings (SSSR count). The number of rotatable bonds is 3. The highest BCUT2D eigenvalue weighted by Crippen LogP contribution is 2.20. The number of likely N-dealkylation sites (N-methyl/N-ethyl adjacent to an activating group) is 2. The van der Waals surface area contributed by atoms with Crippen LogP contribution < -0.4 is 5.32 Å². The number of aliphatic carboxylic acids is 1. The number of urea groups is 1. The third-order valence-electron chi connectivity index (χ3n) is 3.85. The Kier molecular flexibility index (Phi) is 5.39. The fourth-order valence-electron chi connectivity index (χ4n) is 2.50. The number of carboxylic acid groups (broad SMARTS) is 1. The molecule has 2 atom stereocenters. The standard InChI is InChI=1S/C14H27N3O3/c1-14(2,3)11(12(18)19)15-13(20)17(5)10-7-6-8-16(4)9-10/h10-11H,6-9H2,1-5H3,(H,15,20)(H,18,19). The van der Waals surface area contributed by atoms with Gasteiger partial charge in [0.1, 0.15) is 6.04 Å². The summed E-state index contributed by atoms with van der Waals surface area (Å²) in [7, 11) is 3.77. The zero-order valence-electron chi connectivity index (χ0n) is 13.1. The number of hydrogen-bond donors (Lipinski definition) is 2. The van der Waals surface area contributed by atoms with Crippen LogP contribution in [0.2, 0.25) is 0 Å². The molecule has 6 heteroatoms. The predicted octanol–water partition coefficient (Wildman–Crippen LogP) is 1.22. The quantitative estimate of drug-likeness (QED) is 0.818. The Labute approximate surface area is 121 Å². The summed E-state index contributed by atoms with van der Waals surface area (Å²) in [5, 5.41) is 11.9. The maximum absolute atomic E-state index is 12.2. The van der Waals surface area contributed by atoms with Gasteiger partial charge < -0.3 is 20.2 Å². The van der Waals surface area contributed by atoms with Crippen LogP contribution in [-0.2, 0) is 4.79 Å². The van der Waals surface area contributed by atoms with Crippen molar-refractivity contribution in [1.29, 1.82) is 0 Å². The average molecular weight is 285 g/mol. The van der Waals surface area contributed by atoms with E-state index in [1.807, 2.05) is 7.05 Å². The lowest BCUT2D eigenvalue weighted by Gasteiger charge is -2.37. The van der Waals surface area contributed by atoms with Crippen molar-refractivity contribution in [3.63, 3.8) is 0 Å². The van der Waals surface area contributed by atoms with Gasteiger partial charge in [-0.2, -0.15) is 0 Å². The van der Waals surface area contributed by atoms with Crippen molar-refractivity contribution in [3.05, 3.63) is 0 Å². The minimum atomic E-state index is -1.000. The van der Waals surface area contributed by atoms with Crippen LogP contribution in [0.3, 0.4) is 0 Å². The van der Waals surface area contributed by atoms with Gasteiger partial charge in [0.15, 0.2) is 0 Å². The van der Waals surface area contributed by atoms with Crippen molar-refractivity contribution in [2.24, 2.45) is 5.41 Å². The largest absolute Gasteiger partial charge is 0.480 e. The second-order valence-electron chi connectivity index (χ2n) is 6.76. The summed E-state index contributed by atoms with van der Waals surface area (Å²) in [4.78, 5) is 27.4. The molecule has 1 saturated heterocycles. The first-order valence-corrected chi connectivity index (χ1v) is 7.07. The van der Waals surface area contributed by atoms with E-state index in [0.29, 0.717) is 0 Å². The van der Waals surface area contributed by atoms with Crippen molar-refractivity contribution < 1.29 is 14.7 Å². The molecule has 0 aromatic heterocycles. The Bertz CT molecular complexity index is 365. The summed E-state index contributed by atoms with van der Waals surface area (Å²) in [6.07, 6.45) is 2.02. The number of hydrogen-bond acceptors (Lipinski definition) is 3. The van der Waals surface area contributed by atoms with Crippen LogP contribution in [-0.4, -0.2) is 66.2 Å². The number of carbonyl (C=O) groups is 2. The van der Waals surface area contributed by atoms with Gasteiger partial charge in [-0.3, -0.25) is 0 Å². The normalized spacial score (nSPS) is 22.1. The van der Waals surface area contributed by atoms with Crippen molar-refractivity contribution in [1.82, 2.24) is 15.1 Å². The lowest BCUT2D eigenvalue weighted by Crippen LogP contribution is -2.56. The molecule has 1 aliphatic rings. The van der Waals surface area contributed by atoms with Crippen LogP contribution in [0.25, 0.3) is 0 Å². The first-order chi connectivity index (χ1) is 9.12. The molecular weight excluding hydrogens is 258 g/mol. The van der Waals surface area contributed by atoms with Crippen LogP contribution in [0, 0.1) is 5.41 Å². The predicted molar refractivity (Wildman–Crippen MR) is 77.7 cm³/mol. The number of nitrogens with one attached hydrogen (secondary N) is 1. The summed E-state index contributed by atoms with van der Waals surface area (Å²) in [6.45, 7) is 7.30. The van der Waals surface area contributed by atoms with Gasteiger partial charge in [0.25, 0.3) is 0 Å². The number of carboxylic acids is 1. The zero-order chi connectivity index (χ0) is 15.5. The van der Waals surface area contributed by atoms with E-state index in [4.69, 9.17) is 0 Å². The Morgan fingerprint density at radius 2 is 2.00 bits per heavy atom. The summed E-state index contributed by atoms with van der Waals surface area (Å²) in [5.74, 6) is -1.000. The van der Waals surface area contributed by atoms with Crippen molar-refractivity contribution in [3.8, 4) is 0 Å². The van der Waals surface area contributed by atoms with Gasteiger partial charge in [0.05, 0.1) is 0 Å². The van der Waals surface area contributed by atoms with E-state index in [9.17, 15) is 14.7 Å². The van der Waals surface area contributed by atoms with Crippen LogP contribution in [0.5, 0.6) is 0 Å². The highest BCUT2D eigenvalue weighted by molar-refractivity contribution is 5.83. The highest BCUT2D eigenvalue weighted by atomic mass is 16.4. The molecule has 20 heavy (non-hydrogen) atoms. The molecule has 0 spiro atoms. The topological polar surface area (TPSA) is 72.9 Å². The second kappa shape index (κ2) is 6.43. The third-order valence-corrected chi connectivity index (χ3v) is 3.85. The molecule has 6 nitrogen and oxygen atoms in total. The van der Waals surface area contributed by atoms with E-state index in [2.05, 4.69) is 10.2 Å². The van der Waals surface area contributed by atoms with E-state index in [1.165, 1.54) is 0 Å². The SMILES string of the molecule is CN1CCCC(N(C)C(=O)NC(C(=O)O)C(C)(C)C)C1. The van der Waals surface area contributed by atoms with Gasteiger partial charge in [-0.05, 0) is 31.8 Å². The Morgan fingerprint density at radius 3 is 2.45 bits per heavy atom. The molecule has 2 amide bonds. The minimum absolute atomic E-state index is 0.142. The molecular formula is C14H27N3O3. The van der Waals surface area contributed by atoms with E-state index >= 15 is 0 Å². The average Bonchev–Trinajstić information content (AvgIpc) is 2.32. The first kappa shape index (κ1) is 16.8. The summed E-state index contributed by atoms with van der Waals surface area (Å²) < 4.78 is 0. The first-order valence-electron chi connectivity index (χ1n) is 7.07. The Hall–Kier alpha value is -1.30. The summed E-state index contributed by atoms with van der Waals surface area (Å²) in [5.41, 5.74) is -0.522. The third kappa shape index (κ3) is 4.37. The number of carbonyl (C=O) groups excluding carboxylic acids is 1. The monoisotopic (exact) mass is 285 g/mol. The van der Waals surface area contributed by atoms with Gasteiger partial charge >= 0.3 is 12.0 Å². The molecule has 0 aliphatic carbocycles. The van der Waals surface area contributed by atoms with Crippen LogP contribution in [0.4, 0.5) is 4.79 Å². The van der Waals surface area contributed by atoms with E-state index in [0.717, 1.165) is 25.9 Å². The molecule has 2 unspecified atom stereocenters. The molecule has 0 bridgehead atoms. The van der Waals surface area contributed by atoms with Gasteiger partial charge in [-0.15, -0.1) is 0 Å². The van der Waals surface area contributed by atoms with E-state index < -0.39 is 17.4 Å². The molecule has 1 fully saturated rings. The molecule has 116 valence electrons. The van der Waals surface area contributed by atoms with Gasteiger partial charge in [0, 0.05) is 19.6 Å². The molecule has 0 radical (unpaired) electrons. The number of piperidine rings is 1. The molecule has 0 aromatic carbocycles. The fraction of sp³-hybridized carbons (Fsp3) is 0.857. The van der Waals surface area contributed by atoms with Gasteiger partial charge in [-0.25, -0.2) is 9.59 Å². The summed E-state index contributed by atoms with van der Waals surface area (Å²) in [6, 6.07) is -1.06. The number of likely N-dealkylation sites (tertiary alicyclic amines) is 1. The lowest BCUT2D eigenvalue weighted by molar-refractivity contribution is -0.142. The number of amides is 2. The van der Waals surface area contributed by atoms with E-state index in [1.54, 1.807) is 32.7 Å². The van der Waals surface area contributed by atoms with Crippen molar-refractivity contribution in [2.75, 3.05) is 27.2 Å². The Balaban J connectivity index is 2.66. The minimum Gasteiger partial charge on any atom is -0.480 e. The zero-order valence-corrected chi connectivity index (χ0v) is 13.1. The fourth-order valence-corrected chi connectivity index (χ4v) is 2.50. The van der Waals surface area contributed by atoms with Crippen molar-refractivity contribution >= 4 is 12.0 Å². The second-order valence-corrected chi connectivity index (χ2v) is 6.76. The smallest absolute Gasteiger partial charge is 0.326 e. The van der Waals surface area contributed by atoms with Crippen LogP contribution in [0.1, 0.15) is 33.6 Å². The van der Waals surface area contributed by atoms with Crippen LogP contribution in [0.15, 0.2) is 0 Å². The molecule has 1 heterocycles. The molecule has 0 saturated carbocycles. The lowest BCUT2D eigenvalue weighted by atomic mass is 9.87. The maximum Gasteiger partial charge on any atom is 0.326 e. The number of nitrogens with zero attached hydrogens (tertiary/aromatic N) is 2. The Morgan fingerprint density at radius 1 is 1.40 bits per heavy atom. The molecule has 1 aliphatic heterocycles. The van der Waals surface area contributed by atoms with Gasteiger partial charge in [0.2, 0.25) is 0 Å². The van der Waals surface area contributed by atoms with Crippen LogP contribution >= 0.6 is 0 Å². The summed E-state index contributed by atoms with van der Waals surface area (Å²) >= 11 is 0. The van der Waals surface area contributed by atoms with Gasteiger partial charge in [-0.1, -0.05) is 20.8 Å². The van der Waals surface area contributed by atoms with Crippen molar-refractivity contribution in [2.45, 2.75) is 45.7 Å². The maximum atomic E-state index is 12.2.